The summed E-state index contributed by atoms with van der Waals surface area (Å²) >= 11 is 6.19. The zero-order chi connectivity index (χ0) is 20.8. The Kier molecular flexibility index (Phi) is 6.93. The van der Waals surface area contributed by atoms with E-state index in [9.17, 15) is 4.79 Å². The van der Waals surface area contributed by atoms with E-state index in [4.69, 9.17) is 21.3 Å². The molecule has 8 heteroatoms. The standard InChI is InChI=1S/C19H20ClN5O2.C2H6/c1-24-10-8-17(23-24)22-19(26)25-9-3-11-27-16-7-6-15(21-18(16)25)13-4-2-5-14(20)12-13;1-2/h4,6-8,10,12H,2-3,5,9,11H2,1H3,(H,22,23,26);1-2H3. The van der Waals surface area contributed by atoms with E-state index < -0.39 is 0 Å². The number of hydrogen-bond acceptors (Lipinski definition) is 4. The number of rotatable bonds is 2. The summed E-state index contributed by atoms with van der Waals surface area (Å²) in [5, 5.41) is 7.83. The summed E-state index contributed by atoms with van der Waals surface area (Å²) in [4.78, 5) is 19.2. The lowest BCUT2D eigenvalue weighted by molar-refractivity contribution is 0.256. The summed E-state index contributed by atoms with van der Waals surface area (Å²) in [5.74, 6) is 1.60. The van der Waals surface area contributed by atoms with Crippen LogP contribution in [0.3, 0.4) is 0 Å². The lowest BCUT2D eigenvalue weighted by atomic mass is 10.0. The smallest absolute Gasteiger partial charge is 0.328 e. The van der Waals surface area contributed by atoms with Gasteiger partial charge in [-0.05, 0) is 43.0 Å². The van der Waals surface area contributed by atoms with Gasteiger partial charge in [0.15, 0.2) is 17.4 Å². The molecule has 0 aromatic carbocycles. The number of fused-ring (bicyclic) bond motifs is 1. The molecule has 1 aliphatic heterocycles. The zero-order valence-corrected chi connectivity index (χ0v) is 17.7. The molecule has 29 heavy (non-hydrogen) atoms. The maximum Gasteiger partial charge on any atom is 0.328 e. The van der Waals surface area contributed by atoms with Crippen molar-refractivity contribution in [2.45, 2.75) is 33.1 Å². The normalized spacial score (nSPS) is 15.7. The van der Waals surface area contributed by atoms with Crippen molar-refractivity contribution in [3.63, 3.8) is 0 Å². The number of ether oxygens (including phenoxy) is 1. The first-order valence-electron chi connectivity index (χ1n) is 9.89. The minimum atomic E-state index is -0.281. The maximum absolute atomic E-state index is 12.9. The van der Waals surface area contributed by atoms with Crippen LogP contribution in [0, 0.1) is 0 Å². The van der Waals surface area contributed by atoms with E-state index in [1.165, 1.54) is 0 Å². The summed E-state index contributed by atoms with van der Waals surface area (Å²) < 4.78 is 7.42. The van der Waals surface area contributed by atoms with Gasteiger partial charge in [0.25, 0.3) is 0 Å². The second kappa shape index (κ2) is 9.60. The Balaban J connectivity index is 0.00000117. The van der Waals surface area contributed by atoms with Crippen molar-refractivity contribution in [3.8, 4) is 5.75 Å². The quantitative estimate of drug-likeness (QED) is 0.752. The topological polar surface area (TPSA) is 72.3 Å². The van der Waals surface area contributed by atoms with Crippen molar-refractivity contribution in [3.05, 3.63) is 47.3 Å². The largest absolute Gasteiger partial charge is 0.490 e. The second-order valence-corrected chi connectivity index (χ2v) is 6.95. The van der Waals surface area contributed by atoms with Crippen LogP contribution in [0.2, 0.25) is 0 Å². The highest BCUT2D eigenvalue weighted by molar-refractivity contribution is 6.30. The summed E-state index contributed by atoms with van der Waals surface area (Å²) in [5.41, 5.74) is 1.73. The first-order chi connectivity index (χ1) is 14.1. The Morgan fingerprint density at radius 1 is 1.28 bits per heavy atom. The number of hydrogen-bond donors (Lipinski definition) is 1. The number of urea groups is 1. The first-order valence-corrected chi connectivity index (χ1v) is 10.3. The second-order valence-electron chi connectivity index (χ2n) is 6.47. The van der Waals surface area contributed by atoms with Gasteiger partial charge in [0.05, 0.1) is 12.3 Å². The monoisotopic (exact) mass is 415 g/mol. The highest BCUT2D eigenvalue weighted by Gasteiger charge is 2.25. The SMILES string of the molecule is CC.Cn1ccc(NC(=O)N2CCCOc3ccc(C4=CCCC(Cl)=C4)nc32)n1. The highest BCUT2D eigenvalue weighted by Crippen LogP contribution is 2.33. The number of aromatic nitrogens is 3. The van der Waals surface area contributed by atoms with E-state index in [1.807, 2.05) is 32.1 Å². The summed E-state index contributed by atoms with van der Waals surface area (Å²) in [6.45, 7) is 5.05. The van der Waals surface area contributed by atoms with E-state index in [2.05, 4.69) is 16.5 Å². The van der Waals surface area contributed by atoms with E-state index in [1.54, 1.807) is 28.9 Å². The molecule has 2 aliphatic rings. The van der Waals surface area contributed by atoms with Crippen molar-refractivity contribution >= 4 is 34.8 Å². The predicted molar refractivity (Wildman–Crippen MR) is 116 cm³/mol. The number of carbonyl (C=O) groups is 1. The first kappa shape index (κ1) is 20.9. The third-order valence-electron chi connectivity index (χ3n) is 4.43. The molecule has 4 rings (SSSR count). The number of carbonyl (C=O) groups excluding carboxylic acids is 1. The Labute approximate surface area is 176 Å². The van der Waals surface area contributed by atoms with Crippen LogP contribution in [0.1, 0.15) is 38.8 Å². The van der Waals surface area contributed by atoms with Gasteiger partial charge in [-0.3, -0.25) is 14.9 Å². The molecule has 154 valence electrons. The molecule has 0 radical (unpaired) electrons. The van der Waals surface area contributed by atoms with Crippen molar-refractivity contribution in [2.75, 3.05) is 23.4 Å². The zero-order valence-electron chi connectivity index (χ0n) is 17.0. The lowest BCUT2D eigenvalue weighted by Crippen LogP contribution is -2.36. The van der Waals surface area contributed by atoms with Crippen LogP contribution in [0.15, 0.2) is 41.6 Å². The van der Waals surface area contributed by atoms with Gasteiger partial charge in [0.2, 0.25) is 0 Å². The van der Waals surface area contributed by atoms with Crippen molar-refractivity contribution in [1.29, 1.82) is 0 Å². The van der Waals surface area contributed by atoms with Crippen LogP contribution in [-0.2, 0) is 7.05 Å². The number of pyridine rings is 1. The van der Waals surface area contributed by atoms with Gasteiger partial charge in [0, 0.05) is 30.9 Å². The number of aryl methyl sites for hydroxylation is 1. The molecule has 0 atom stereocenters. The fourth-order valence-electron chi connectivity index (χ4n) is 3.11. The lowest BCUT2D eigenvalue weighted by Gasteiger charge is -2.21. The predicted octanol–water partition coefficient (Wildman–Crippen LogP) is 4.96. The third-order valence-corrected chi connectivity index (χ3v) is 4.73. The van der Waals surface area contributed by atoms with Crippen LogP contribution in [0.5, 0.6) is 5.75 Å². The third kappa shape index (κ3) is 4.98. The minimum Gasteiger partial charge on any atom is -0.490 e. The molecule has 2 aromatic heterocycles. The number of nitrogens with one attached hydrogen (secondary N) is 1. The number of halogens is 1. The molecule has 1 aliphatic carbocycles. The van der Waals surface area contributed by atoms with Crippen molar-refractivity contribution in [2.24, 2.45) is 7.05 Å². The Hall–Kier alpha value is -2.80. The molecule has 2 amide bonds. The van der Waals surface area contributed by atoms with Gasteiger partial charge in [-0.15, -0.1) is 0 Å². The molecule has 0 bridgehead atoms. The molecule has 0 spiro atoms. The molecule has 1 N–H and O–H groups in total. The van der Waals surface area contributed by atoms with Gasteiger partial charge < -0.3 is 4.74 Å². The molecule has 0 fully saturated rings. The summed E-state index contributed by atoms with van der Waals surface area (Å²) in [7, 11) is 1.80. The number of nitrogens with zero attached hydrogens (tertiary/aromatic N) is 4. The van der Waals surface area contributed by atoms with Crippen LogP contribution >= 0.6 is 11.6 Å². The van der Waals surface area contributed by atoms with Gasteiger partial charge in [-0.1, -0.05) is 31.5 Å². The van der Waals surface area contributed by atoms with Crippen LogP contribution < -0.4 is 15.0 Å². The fourth-order valence-corrected chi connectivity index (χ4v) is 3.34. The number of allylic oxidation sites excluding steroid dienone is 4. The molecular formula is C21H26ClN5O2. The van der Waals surface area contributed by atoms with Crippen molar-refractivity contribution in [1.82, 2.24) is 14.8 Å². The van der Waals surface area contributed by atoms with E-state index >= 15 is 0 Å². The van der Waals surface area contributed by atoms with Crippen LogP contribution in [-0.4, -0.2) is 33.9 Å². The van der Waals surface area contributed by atoms with E-state index in [-0.39, 0.29) is 6.03 Å². The summed E-state index contributed by atoms with van der Waals surface area (Å²) in [6.07, 6.45) is 8.25. The average Bonchev–Trinajstić information content (AvgIpc) is 3.02. The van der Waals surface area contributed by atoms with Crippen LogP contribution in [0.25, 0.3) is 5.57 Å². The van der Waals surface area contributed by atoms with Gasteiger partial charge in [-0.25, -0.2) is 9.78 Å². The summed E-state index contributed by atoms with van der Waals surface area (Å²) in [6, 6.07) is 5.23. The fraction of sp³-hybridized carbons (Fsp3) is 0.381. The number of amides is 2. The van der Waals surface area contributed by atoms with Gasteiger partial charge in [-0.2, -0.15) is 5.10 Å². The number of anilines is 2. The Bertz CT molecular complexity index is 935. The van der Waals surface area contributed by atoms with Gasteiger partial charge in [0.1, 0.15) is 0 Å². The maximum atomic E-state index is 12.9. The molecule has 0 saturated heterocycles. The Morgan fingerprint density at radius 2 is 2.10 bits per heavy atom. The van der Waals surface area contributed by atoms with Crippen LogP contribution in [0.4, 0.5) is 16.4 Å². The van der Waals surface area contributed by atoms with E-state index in [0.29, 0.717) is 30.5 Å². The van der Waals surface area contributed by atoms with E-state index in [0.717, 1.165) is 35.6 Å². The molecule has 3 heterocycles. The minimum absolute atomic E-state index is 0.281. The molecule has 2 aromatic rings. The van der Waals surface area contributed by atoms with Gasteiger partial charge >= 0.3 is 6.03 Å². The molecular weight excluding hydrogens is 390 g/mol. The highest BCUT2D eigenvalue weighted by atomic mass is 35.5. The molecule has 7 nitrogen and oxygen atoms in total. The Morgan fingerprint density at radius 3 is 2.83 bits per heavy atom. The molecule has 0 unspecified atom stereocenters. The van der Waals surface area contributed by atoms with Crippen molar-refractivity contribution < 1.29 is 9.53 Å². The molecule has 0 saturated carbocycles. The average molecular weight is 416 g/mol.